The van der Waals surface area contributed by atoms with Crippen LogP contribution in [0.5, 0.6) is 5.75 Å². The normalized spacial score (nSPS) is 18.1. The number of hydrazine groups is 1. The number of ketones is 1. The summed E-state index contributed by atoms with van der Waals surface area (Å²) in [7, 11) is 0. The fourth-order valence-electron chi connectivity index (χ4n) is 3.98. The fourth-order valence-corrected chi connectivity index (χ4v) is 3.98. The number of amides is 2. The molecule has 1 atom stereocenters. The smallest absolute Gasteiger partial charge is 0.429 e. The number of aromatic nitrogens is 1. The summed E-state index contributed by atoms with van der Waals surface area (Å²) in [5.41, 5.74) is 2.40. The molecule has 2 amide bonds. The molecule has 2 aliphatic heterocycles. The zero-order chi connectivity index (χ0) is 26.5. The molecule has 0 bridgehead atoms. The number of pyridine rings is 1. The number of hydrogen-bond acceptors (Lipinski definition) is 8. The van der Waals surface area contributed by atoms with E-state index >= 15 is 8.78 Å². The van der Waals surface area contributed by atoms with Crippen molar-refractivity contribution in [1.29, 1.82) is 0 Å². The number of halogens is 4. The number of cyclic esters (lactones) is 1. The Balaban J connectivity index is 1.39. The van der Waals surface area contributed by atoms with Crippen molar-refractivity contribution in [3.05, 3.63) is 48.3 Å². The molecule has 2 fully saturated rings. The Morgan fingerprint density at radius 3 is 2.62 bits per heavy atom. The number of nitrogens with one attached hydrogen (secondary N) is 1. The molecule has 2 saturated heterocycles. The van der Waals surface area contributed by atoms with E-state index in [2.05, 4.69) is 10.4 Å². The van der Waals surface area contributed by atoms with Crippen LogP contribution in [-0.4, -0.2) is 73.2 Å². The molecule has 0 saturated carbocycles. The molecule has 4 rings (SSSR count). The lowest BCUT2D eigenvalue weighted by Crippen LogP contribution is -2.45. The number of carbonyl (C=O) groups excluding carboxylic acids is 3. The zero-order valence-electron chi connectivity index (χ0n) is 19.4. The second-order valence-corrected chi connectivity index (χ2v) is 8.28. The molecule has 0 radical (unpaired) electrons. The van der Waals surface area contributed by atoms with Gasteiger partial charge in [-0.2, -0.15) is 0 Å². The van der Waals surface area contributed by atoms with Gasteiger partial charge in [-0.3, -0.25) is 14.7 Å². The van der Waals surface area contributed by atoms with Crippen LogP contribution >= 0.6 is 0 Å². The SMILES string of the molecule is O=C(CC[C@H]1CN(c2cc(F)c(N3CCNN(C(=O)Oc4cccnc4)CC3)c(F)c2)C(=O)O1)C(F)F. The van der Waals surface area contributed by atoms with Crippen LogP contribution in [0.3, 0.4) is 0 Å². The Labute approximate surface area is 208 Å². The van der Waals surface area contributed by atoms with E-state index in [9.17, 15) is 23.2 Å². The lowest BCUT2D eigenvalue weighted by atomic mass is 10.1. The lowest BCUT2D eigenvalue weighted by molar-refractivity contribution is -0.129. The summed E-state index contributed by atoms with van der Waals surface area (Å²) in [5, 5.41) is 1.19. The maximum atomic E-state index is 15.1. The van der Waals surface area contributed by atoms with Gasteiger partial charge < -0.3 is 14.4 Å². The van der Waals surface area contributed by atoms with Gasteiger partial charge in [0.05, 0.1) is 25.0 Å². The van der Waals surface area contributed by atoms with E-state index in [-0.39, 0.29) is 56.3 Å². The second kappa shape index (κ2) is 11.4. The Bertz CT molecular complexity index is 1130. The number of ether oxygens (including phenoxy) is 2. The van der Waals surface area contributed by atoms with Crippen molar-refractivity contribution in [1.82, 2.24) is 15.4 Å². The molecule has 14 heteroatoms. The quantitative estimate of drug-likeness (QED) is 0.550. The standard InChI is InChI=1S/C23H23F4N5O5/c24-17-10-14(31-13-16(37-22(31)34)3-4-19(33)21(26)27)11-18(25)20(17)30-7-6-29-32(9-8-30)23(35)36-15-2-1-5-28-12-15/h1-2,5,10-12,16,21,29H,3-4,6-9,13H2/t16-/m0/s1. The predicted molar refractivity (Wildman–Crippen MR) is 121 cm³/mol. The monoisotopic (exact) mass is 525 g/mol. The van der Waals surface area contributed by atoms with Crippen molar-refractivity contribution < 1.29 is 41.4 Å². The molecule has 0 unspecified atom stereocenters. The van der Waals surface area contributed by atoms with Gasteiger partial charge in [0.15, 0.2) is 23.2 Å². The Morgan fingerprint density at radius 1 is 1.19 bits per heavy atom. The number of carbonyl (C=O) groups is 3. The predicted octanol–water partition coefficient (Wildman–Crippen LogP) is 3.13. The van der Waals surface area contributed by atoms with Crippen molar-refractivity contribution in [3.8, 4) is 5.75 Å². The van der Waals surface area contributed by atoms with Crippen LogP contribution in [0.15, 0.2) is 36.7 Å². The molecule has 1 aromatic heterocycles. The Hall–Kier alpha value is -3.94. The van der Waals surface area contributed by atoms with Gasteiger partial charge in [0.25, 0.3) is 6.43 Å². The van der Waals surface area contributed by atoms with Crippen LogP contribution in [0.2, 0.25) is 0 Å². The molecule has 2 aromatic rings. The van der Waals surface area contributed by atoms with Gasteiger partial charge >= 0.3 is 12.2 Å². The molecule has 198 valence electrons. The maximum Gasteiger partial charge on any atom is 0.429 e. The molecule has 2 aliphatic rings. The maximum absolute atomic E-state index is 15.1. The number of benzene rings is 1. The van der Waals surface area contributed by atoms with Gasteiger partial charge in [0.2, 0.25) is 0 Å². The van der Waals surface area contributed by atoms with Crippen LogP contribution in [0, 0.1) is 11.6 Å². The van der Waals surface area contributed by atoms with E-state index in [0.717, 1.165) is 17.0 Å². The summed E-state index contributed by atoms with van der Waals surface area (Å²) in [6, 6.07) is 5.10. The van der Waals surface area contributed by atoms with Crippen LogP contribution < -0.4 is 20.0 Å². The minimum atomic E-state index is -3.11. The third-order valence-corrected chi connectivity index (χ3v) is 5.80. The van der Waals surface area contributed by atoms with Crippen molar-refractivity contribution >= 4 is 29.3 Å². The van der Waals surface area contributed by atoms with Crippen LogP contribution in [0.4, 0.5) is 38.5 Å². The summed E-state index contributed by atoms with van der Waals surface area (Å²) in [6.45, 7) is 0.330. The van der Waals surface area contributed by atoms with Gasteiger partial charge in [-0.05, 0) is 18.6 Å². The molecule has 1 aromatic carbocycles. The highest BCUT2D eigenvalue weighted by Crippen LogP contribution is 2.32. The average molecular weight is 525 g/mol. The van der Waals surface area contributed by atoms with Gasteiger partial charge in [-0.25, -0.2) is 37.6 Å². The summed E-state index contributed by atoms with van der Waals surface area (Å²) in [4.78, 5) is 42.0. The first-order valence-corrected chi connectivity index (χ1v) is 11.4. The number of nitrogens with zero attached hydrogens (tertiary/aromatic N) is 4. The van der Waals surface area contributed by atoms with Crippen molar-refractivity contribution in [2.45, 2.75) is 25.4 Å². The third kappa shape index (κ3) is 6.25. The zero-order valence-corrected chi connectivity index (χ0v) is 19.4. The summed E-state index contributed by atoms with van der Waals surface area (Å²) < 4.78 is 65.2. The van der Waals surface area contributed by atoms with E-state index in [0.29, 0.717) is 0 Å². The Morgan fingerprint density at radius 2 is 1.95 bits per heavy atom. The molecule has 37 heavy (non-hydrogen) atoms. The summed E-state index contributed by atoms with van der Waals surface area (Å²) in [5.74, 6) is -2.91. The molecule has 0 spiro atoms. The highest BCUT2D eigenvalue weighted by molar-refractivity contribution is 5.90. The average Bonchev–Trinajstić information content (AvgIpc) is 3.07. The van der Waals surface area contributed by atoms with Gasteiger partial charge in [0, 0.05) is 44.4 Å². The van der Waals surface area contributed by atoms with E-state index < -0.39 is 48.6 Å². The Kier molecular flexibility index (Phi) is 8.06. The largest absolute Gasteiger partial charge is 0.444 e. The number of Topliss-reactive ketones (excluding diaryl/α,β-unsaturated/α-hetero) is 1. The highest BCUT2D eigenvalue weighted by atomic mass is 19.3. The number of hydrogen-bond donors (Lipinski definition) is 1. The molecule has 3 heterocycles. The summed E-state index contributed by atoms with van der Waals surface area (Å²) >= 11 is 0. The molecule has 0 aliphatic carbocycles. The second-order valence-electron chi connectivity index (χ2n) is 8.28. The molecular formula is C23H23F4N5O5. The van der Waals surface area contributed by atoms with Gasteiger partial charge in [0.1, 0.15) is 11.8 Å². The lowest BCUT2D eigenvalue weighted by Gasteiger charge is -2.25. The van der Waals surface area contributed by atoms with E-state index in [1.807, 2.05) is 0 Å². The topological polar surface area (TPSA) is 104 Å². The minimum absolute atomic E-state index is 0.0528. The number of rotatable bonds is 7. The van der Waals surface area contributed by atoms with Gasteiger partial charge in [-0.15, -0.1) is 0 Å². The van der Waals surface area contributed by atoms with E-state index in [1.165, 1.54) is 22.3 Å². The van der Waals surface area contributed by atoms with Gasteiger partial charge in [-0.1, -0.05) is 0 Å². The van der Waals surface area contributed by atoms with Crippen molar-refractivity contribution in [2.24, 2.45) is 0 Å². The molecule has 1 N–H and O–H groups in total. The van der Waals surface area contributed by atoms with E-state index in [1.54, 1.807) is 12.1 Å². The van der Waals surface area contributed by atoms with Crippen LogP contribution in [0.25, 0.3) is 0 Å². The first kappa shape index (κ1) is 26.1. The first-order chi connectivity index (χ1) is 17.7. The molecular weight excluding hydrogens is 502 g/mol. The van der Waals surface area contributed by atoms with Crippen LogP contribution in [-0.2, 0) is 9.53 Å². The van der Waals surface area contributed by atoms with E-state index in [4.69, 9.17) is 9.47 Å². The molecule has 10 nitrogen and oxygen atoms in total. The number of alkyl halides is 2. The van der Waals surface area contributed by atoms with Crippen molar-refractivity contribution in [3.63, 3.8) is 0 Å². The summed E-state index contributed by atoms with van der Waals surface area (Å²) in [6.07, 6.45) is -3.30. The van der Waals surface area contributed by atoms with Crippen molar-refractivity contribution in [2.75, 3.05) is 42.5 Å². The highest BCUT2D eigenvalue weighted by Gasteiger charge is 2.34. The first-order valence-electron chi connectivity index (χ1n) is 11.4. The minimum Gasteiger partial charge on any atom is -0.444 e. The third-order valence-electron chi connectivity index (χ3n) is 5.80. The van der Waals surface area contributed by atoms with Crippen LogP contribution in [0.1, 0.15) is 12.8 Å². The number of anilines is 2. The fraction of sp³-hybridized carbons (Fsp3) is 0.391.